The Hall–Kier alpha value is -1.49. The topological polar surface area (TPSA) is 41.1 Å². The van der Waals surface area contributed by atoms with Gasteiger partial charge in [-0.3, -0.25) is 4.79 Å². The number of halogens is 2. The molecule has 2 N–H and O–H groups in total. The minimum Gasteiger partial charge on any atom is -0.353 e. The van der Waals surface area contributed by atoms with E-state index in [0.29, 0.717) is 6.04 Å². The van der Waals surface area contributed by atoms with Crippen LogP contribution in [0.15, 0.2) is 18.2 Å². The Labute approximate surface area is 111 Å². The average molecular weight is 268 g/mol. The molecule has 2 atom stereocenters. The first-order valence-electron chi connectivity index (χ1n) is 6.52. The molecule has 0 radical (unpaired) electrons. The predicted molar refractivity (Wildman–Crippen MR) is 68.7 cm³/mol. The van der Waals surface area contributed by atoms with Crippen molar-refractivity contribution in [3.8, 4) is 0 Å². The van der Waals surface area contributed by atoms with Crippen LogP contribution in [0.3, 0.4) is 0 Å². The van der Waals surface area contributed by atoms with Crippen LogP contribution < -0.4 is 10.6 Å². The second-order valence-electron chi connectivity index (χ2n) is 5.03. The number of carbonyl (C=O) groups is 1. The maximum Gasteiger partial charge on any atom is 0.224 e. The molecule has 0 saturated carbocycles. The molecule has 5 heteroatoms. The Morgan fingerprint density at radius 1 is 1.47 bits per heavy atom. The van der Waals surface area contributed by atoms with Gasteiger partial charge in [0.05, 0.1) is 6.42 Å². The van der Waals surface area contributed by atoms with Crippen LogP contribution >= 0.6 is 0 Å². The molecule has 0 aliphatic carbocycles. The van der Waals surface area contributed by atoms with Gasteiger partial charge < -0.3 is 10.6 Å². The van der Waals surface area contributed by atoms with Gasteiger partial charge in [-0.25, -0.2) is 8.78 Å². The fourth-order valence-electron chi connectivity index (χ4n) is 2.40. The van der Waals surface area contributed by atoms with Gasteiger partial charge >= 0.3 is 0 Å². The van der Waals surface area contributed by atoms with Crippen molar-refractivity contribution in [3.63, 3.8) is 0 Å². The molecule has 104 valence electrons. The van der Waals surface area contributed by atoms with Crippen molar-refractivity contribution >= 4 is 5.91 Å². The highest BCUT2D eigenvalue weighted by Gasteiger charge is 2.20. The molecule has 1 aliphatic heterocycles. The molecular weight excluding hydrogens is 250 g/mol. The van der Waals surface area contributed by atoms with E-state index < -0.39 is 11.6 Å². The summed E-state index contributed by atoms with van der Waals surface area (Å²) in [4.78, 5) is 11.8. The molecule has 2 unspecified atom stereocenters. The van der Waals surface area contributed by atoms with Gasteiger partial charge in [0, 0.05) is 17.6 Å². The van der Waals surface area contributed by atoms with Crippen LogP contribution in [0.4, 0.5) is 8.78 Å². The lowest BCUT2D eigenvalue weighted by molar-refractivity contribution is -0.121. The molecule has 1 fully saturated rings. The van der Waals surface area contributed by atoms with Gasteiger partial charge in [0.25, 0.3) is 0 Å². The maximum absolute atomic E-state index is 13.4. The zero-order valence-electron chi connectivity index (χ0n) is 10.9. The van der Waals surface area contributed by atoms with Gasteiger partial charge in [-0.05, 0) is 32.4 Å². The number of piperidine rings is 1. The Morgan fingerprint density at radius 3 is 3.00 bits per heavy atom. The fourth-order valence-corrected chi connectivity index (χ4v) is 2.40. The van der Waals surface area contributed by atoms with E-state index in [1.54, 1.807) is 0 Å². The summed E-state index contributed by atoms with van der Waals surface area (Å²) in [6.07, 6.45) is 1.60. The van der Waals surface area contributed by atoms with Gasteiger partial charge in [0.1, 0.15) is 0 Å². The van der Waals surface area contributed by atoms with Crippen LogP contribution in [0, 0.1) is 11.6 Å². The molecule has 3 nitrogen and oxygen atoms in total. The number of amides is 1. The summed E-state index contributed by atoms with van der Waals surface area (Å²) in [5.41, 5.74) is 0.0967. The fraction of sp³-hybridized carbons (Fsp3) is 0.500. The van der Waals surface area contributed by atoms with E-state index in [0.717, 1.165) is 25.5 Å². The average Bonchev–Trinajstić information content (AvgIpc) is 2.35. The van der Waals surface area contributed by atoms with Crippen molar-refractivity contribution in [2.24, 2.45) is 0 Å². The van der Waals surface area contributed by atoms with E-state index in [9.17, 15) is 13.6 Å². The highest BCUT2D eigenvalue weighted by atomic mass is 19.2. The molecule has 19 heavy (non-hydrogen) atoms. The number of hydrogen-bond donors (Lipinski definition) is 2. The molecule has 0 bridgehead atoms. The van der Waals surface area contributed by atoms with Crippen molar-refractivity contribution in [1.82, 2.24) is 10.6 Å². The van der Waals surface area contributed by atoms with Gasteiger partial charge in [0.15, 0.2) is 11.6 Å². The van der Waals surface area contributed by atoms with Gasteiger partial charge in [-0.2, -0.15) is 0 Å². The molecule has 1 heterocycles. The minimum atomic E-state index is -0.934. The smallest absolute Gasteiger partial charge is 0.224 e. The summed E-state index contributed by atoms with van der Waals surface area (Å²) in [5, 5.41) is 6.17. The Bertz CT molecular complexity index is 465. The van der Waals surface area contributed by atoms with E-state index in [1.165, 1.54) is 12.1 Å². The number of carbonyl (C=O) groups excluding carboxylic acids is 1. The van der Waals surface area contributed by atoms with Crippen LogP contribution in [0.25, 0.3) is 0 Å². The second-order valence-corrected chi connectivity index (χ2v) is 5.03. The zero-order chi connectivity index (χ0) is 13.8. The monoisotopic (exact) mass is 268 g/mol. The van der Waals surface area contributed by atoms with Crippen LogP contribution in [0.5, 0.6) is 0 Å². The summed E-state index contributed by atoms with van der Waals surface area (Å²) in [6, 6.07) is 4.37. The normalized spacial score (nSPS) is 23.1. The van der Waals surface area contributed by atoms with E-state index in [2.05, 4.69) is 17.6 Å². The highest BCUT2D eigenvalue weighted by Crippen LogP contribution is 2.13. The maximum atomic E-state index is 13.4. The molecule has 1 aromatic carbocycles. The quantitative estimate of drug-likeness (QED) is 0.877. The van der Waals surface area contributed by atoms with E-state index >= 15 is 0 Å². The van der Waals surface area contributed by atoms with Crippen molar-refractivity contribution in [1.29, 1.82) is 0 Å². The Morgan fingerprint density at radius 2 is 2.26 bits per heavy atom. The van der Waals surface area contributed by atoms with Crippen molar-refractivity contribution in [3.05, 3.63) is 35.4 Å². The van der Waals surface area contributed by atoms with E-state index in [4.69, 9.17) is 0 Å². The molecule has 1 aliphatic rings. The first kappa shape index (κ1) is 13.9. The lowest BCUT2D eigenvalue weighted by atomic mass is 10.00. The first-order valence-corrected chi connectivity index (χ1v) is 6.52. The van der Waals surface area contributed by atoms with Gasteiger partial charge in [-0.15, -0.1) is 0 Å². The minimum absolute atomic E-state index is 0.0967. The van der Waals surface area contributed by atoms with Crippen molar-refractivity contribution in [2.75, 3.05) is 6.54 Å². The third-order valence-corrected chi connectivity index (χ3v) is 3.37. The molecule has 2 rings (SSSR count). The number of nitrogens with one attached hydrogen (secondary N) is 2. The van der Waals surface area contributed by atoms with E-state index in [-0.39, 0.29) is 23.9 Å². The van der Waals surface area contributed by atoms with E-state index in [1.807, 2.05) is 0 Å². The number of hydrogen-bond acceptors (Lipinski definition) is 2. The molecular formula is C14H18F2N2O. The van der Waals surface area contributed by atoms with Crippen LogP contribution in [0.2, 0.25) is 0 Å². The van der Waals surface area contributed by atoms with Crippen LogP contribution in [-0.2, 0) is 11.2 Å². The number of benzene rings is 1. The van der Waals surface area contributed by atoms with Gasteiger partial charge in [-0.1, -0.05) is 12.1 Å². The summed E-state index contributed by atoms with van der Waals surface area (Å²) < 4.78 is 26.5. The molecule has 1 aromatic rings. The Balaban J connectivity index is 1.92. The first-order chi connectivity index (χ1) is 9.06. The predicted octanol–water partition coefficient (Wildman–Crippen LogP) is 1.76. The number of rotatable bonds is 3. The molecule has 0 spiro atoms. The zero-order valence-corrected chi connectivity index (χ0v) is 10.9. The summed E-state index contributed by atoms with van der Waals surface area (Å²) in [7, 11) is 0. The SMILES string of the molecule is CC1CC(NC(=O)Cc2cccc(F)c2F)CCN1. The summed E-state index contributed by atoms with van der Waals surface area (Å²) in [5.74, 6) is -2.11. The summed E-state index contributed by atoms with van der Waals surface area (Å²) in [6.45, 7) is 2.92. The van der Waals surface area contributed by atoms with Crippen molar-refractivity contribution in [2.45, 2.75) is 38.3 Å². The summed E-state index contributed by atoms with van der Waals surface area (Å²) >= 11 is 0. The molecule has 1 saturated heterocycles. The van der Waals surface area contributed by atoms with Crippen LogP contribution in [0.1, 0.15) is 25.3 Å². The molecule has 1 amide bonds. The second kappa shape index (κ2) is 6.10. The largest absolute Gasteiger partial charge is 0.353 e. The standard InChI is InChI=1S/C14H18F2N2O/c1-9-7-11(5-6-17-9)18-13(19)8-10-3-2-4-12(15)14(10)16/h2-4,9,11,17H,5-8H2,1H3,(H,18,19). The lowest BCUT2D eigenvalue weighted by Crippen LogP contribution is -2.47. The highest BCUT2D eigenvalue weighted by molar-refractivity contribution is 5.78. The third-order valence-electron chi connectivity index (χ3n) is 3.37. The Kier molecular flexibility index (Phi) is 4.47. The van der Waals surface area contributed by atoms with Gasteiger partial charge in [0.2, 0.25) is 5.91 Å². The van der Waals surface area contributed by atoms with Crippen molar-refractivity contribution < 1.29 is 13.6 Å². The lowest BCUT2D eigenvalue weighted by Gasteiger charge is -2.28. The third kappa shape index (κ3) is 3.73. The van der Waals surface area contributed by atoms with Crippen LogP contribution in [-0.4, -0.2) is 24.5 Å². The molecule has 0 aromatic heterocycles.